The van der Waals surface area contributed by atoms with Crippen LogP contribution in [0.3, 0.4) is 0 Å². The van der Waals surface area contributed by atoms with Crippen LogP contribution in [0.5, 0.6) is 5.75 Å². The SMILES string of the molecule is CC(C)(C)NCCOc1cccc(C#N)c1. The number of nitrogens with one attached hydrogen (secondary N) is 1. The molecule has 16 heavy (non-hydrogen) atoms. The van der Waals surface area contributed by atoms with Gasteiger partial charge in [0.15, 0.2) is 0 Å². The zero-order chi connectivity index (χ0) is 12.0. The summed E-state index contributed by atoms with van der Waals surface area (Å²) in [7, 11) is 0. The first kappa shape index (κ1) is 12.5. The number of nitrogens with zero attached hydrogens (tertiary/aromatic N) is 1. The summed E-state index contributed by atoms with van der Waals surface area (Å²) in [5, 5.41) is 12.1. The molecule has 0 fully saturated rings. The number of benzene rings is 1. The van der Waals surface area contributed by atoms with Crippen molar-refractivity contribution in [3.8, 4) is 11.8 Å². The van der Waals surface area contributed by atoms with Crippen molar-refractivity contribution in [3.63, 3.8) is 0 Å². The molecule has 0 aliphatic heterocycles. The molecule has 0 amide bonds. The fraction of sp³-hybridized carbons (Fsp3) is 0.462. The van der Waals surface area contributed by atoms with Gasteiger partial charge in [-0.2, -0.15) is 5.26 Å². The number of ether oxygens (including phenoxy) is 1. The van der Waals surface area contributed by atoms with Crippen molar-refractivity contribution in [2.24, 2.45) is 0 Å². The lowest BCUT2D eigenvalue weighted by Gasteiger charge is -2.20. The highest BCUT2D eigenvalue weighted by molar-refractivity contribution is 5.36. The minimum atomic E-state index is 0.109. The fourth-order valence-corrected chi connectivity index (χ4v) is 1.25. The second-order valence-electron chi connectivity index (χ2n) is 4.66. The second kappa shape index (κ2) is 5.53. The van der Waals surface area contributed by atoms with Crippen LogP contribution in [0.25, 0.3) is 0 Å². The monoisotopic (exact) mass is 218 g/mol. The fourth-order valence-electron chi connectivity index (χ4n) is 1.25. The molecule has 0 aliphatic rings. The standard InChI is InChI=1S/C13H18N2O/c1-13(2,3)15-7-8-16-12-6-4-5-11(9-12)10-14/h4-6,9,15H,7-8H2,1-3H3. The summed E-state index contributed by atoms with van der Waals surface area (Å²) in [6.07, 6.45) is 0. The molecule has 0 saturated heterocycles. The minimum Gasteiger partial charge on any atom is -0.492 e. The Hall–Kier alpha value is -1.53. The Morgan fingerprint density at radius 1 is 1.38 bits per heavy atom. The van der Waals surface area contributed by atoms with Crippen molar-refractivity contribution in [2.45, 2.75) is 26.3 Å². The molecule has 3 heteroatoms. The molecule has 0 saturated carbocycles. The van der Waals surface area contributed by atoms with E-state index in [0.29, 0.717) is 12.2 Å². The van der Waals surface area contributed by atoms with Crippen LogP contribution in [0, 0.1) is 11.3 Å². The summed E-state index contributed by atoms with van der Waals surface area (Å²) in [5.41, 5.74) is 0.735. The zero-order valence-corrected chi connectivity index (χ0v) is 10.1. The van der Waals surface area contributed by atoms with Crippen LogP contribution in [-0.4, -0.2) is 18.7 Å². The van der Waals surface area contributed by atoms with Crippen molar-refractivity contribution in [3.05, 3.63) is 29.8 Å². The molecule has 1 N–H and O–H groups in total. The summed E-state index contributed by atoms with van der Waals surface area (Å²) in [6, 6.07) is 9.28. The highest BCUT2D eigenvalue weighted by atomic mass is 16.5. The molecule has 0 atom stereocenters. The maximum atomic E-state index is 8.72. The van der Waals surface area contributed by atoms with Gasteiger partial charge in [0.05, 0.1) is 11.6 Å². The lowest BCUT2D eigenvalue weighted by molar-refractivity contribution is 0.291. The van der Waals surface area contributed by atoms with Crippen LogP contribution in [0.2, 0.25) is 0 Å². The molecule has 0 unspecified atom stereocenters. The van der Waals surface area contributed by atoms with E-state index in [4.69, 9.17) is 10.00 Å². The zero-order valence-electron chi connectivity index (χ0n) is 10.1. The van der Waals surface area contributed by atoms with Crippen molar-refractivity contribution < 1.29 is 4.74 Å². The summed E-state index contributed by atoms with van der Waals surface area (Å²) >= 11 is 0. The lowest BCUT2D eigenvalue weighted by Crippen LogP contribution is -2.38. The van der Waals surface area contributed by atoms with Gasteiger partial charge in [-0.15, -0.1) is 0 Å². The summed E-state index contributed by atoms with van der Waals surface area (Å²) in [4.78, 5) is 0. The van der Waals surface area contributed by atoms with Gasteiger partial charge in [0, 0.05) is 12.1 Å². The molecule has 0 bridgehead atoms. The minimum absolute atomic E-state index is 0.109. The van der Waals surface area contributed by atoms with Gasteiger partial charge in [-0.1, -0.05) is 6.07 Å². The van der Waals surface area contributed by atoms with Gasteiger partial charge in [-0.05, 0) is 39.0 Å². The molecule has 86 valence electrons. The van der Waals surface area contributed by atoms with E-state index in [1.807, 2.05) is 12.1 Å². The smallest absolute Gasteiger partial charge is 0.120 e. The van der Waals surface area contributed by atoms with Crippen LogP contribution in [0.15, 0.2) is 24.3 Å². The quantitative estimate of drug-likeness (QED) is 0.789. The first-order chi connectivity index (χ1) is 7.51. The molecular formula is C13H18N2O. The third-order valence-electron chi connectivity index (χ3n) is 1.99. The van der Waals surface area contributed by atoms with Gasteiger partial charge in [0.25, 0.3) is 0 Å². The summed E-state index contributed by atoms with van der Waals surface area (Å²) in [5.74, 6) is 0.745. The van der Waals surface area contributed by atoms with Gasteiger partial charge < -0.3 is 10.1 Å². The van der Waals surface area contributed by atoms with Gasteiger partial charge in [0.2, 0.25) is 0 Å². The molecular weight excluding hydrogens is 200 g/mol. The number of hydrogen-bond donors (Lipinski definition) is 1. The molecule has 0 aliphatic carbocycles. The molecule has 3 nitrogen and oxygen atoms in total. The first-order valence-electron chi connectivity index (χ1n) is 5.39. The largest absolute Gasteiger partial charge is 0.492 e. The van der Waals surface area contributed by atoms with Crippen molar-refractivity contribution in [1.29, 1.82) is 5.26 Å². The molecule has 0 spiro atoms. The Morgan fingerprint density at radius 2 is 2.12 bits per heavy atom. The Balaban J connectivity index is 2.35. The van der Waals surface area contributed by atoms with Crippen LogP contribution in [0.4, 0.5) is 0 Å². The topological polar surface area (TPSA) is 45.0 Å². The third-order valence-corrected chi connectivity index (χ3v) is 1.99. The van der Waals surface area contributed by atoms with Crippen LogP contribution < -0.4 is 10.1 Å². The maximum absolute atomic E-state index is 8.72. The summed E-state index contributed by atoms with van der Waals surface area (Å²) in [6.45, 7) is 7.74. The predicted molar refractivity (Wildman–Crippen MR) is 64.4 cm³/mol. The van der Waals surface area contributed by atoms with E-state index < -0.39 is 0 Å². The highest BCUT2D eigenvalue weighted by Crippen LogP contribution is 2.12. The van der Waals surface area contributed by atoms with E-state index in [-0.39, 0.29) is 5.54 Å². The first-order valence-corrected chi connectivity index (χ1v) is 5.39. The normalized spacial score (nSPS) is 10.9. The Kier molecular flexibility index (Phi) is 4.33. The van der Waals surface area contributed by atoms with Crippen LogP contribution >= 0.6 is 0 Å². The van der Waals surface area contributed by atoms with Gasteiger partial charge in [-0.25, -0.2) is 0 Å². The summed E-state index contributed by atoms with van der Waals surface area (Å²) < 4.78 is 5.53. The molecule has 1 rings (SSSR count). The second-order valence-corrected chi connectivity index (χ2v) is 4.66. The van der Waals surface area contributed by atoms with E-state index in [9.17, 15) is 0 Å². The van der Waals surface area contributed by atoms with Gasteiger partial charge >= 0.3 is 0 Å². The Bertz CT molecular complexity index is 374. The van der Waals surface area contributed by atoms with E-state index >= 15 is 0 Å². The highest BCUT2D eigenvalue weighted by Gasteiger charge is 2.07. The predicted octanol–water partition coefficient (Wildman–Crippen LogP) is 2.33. The van der Waals surface area contributed by atoms with E-state index in [0.717, 1.165) is 12.3 Å². The average Bonchev–Trinajstić information content (AvgIpc) is 2.23. The van der Waals surface area contributed by atoms with Gasteiger partial charge in [-0.3, -0.25) is 0 Å². The van der Waals surface area contributed by atoms with Crippen LogP contribution in [-0.2, 0) is 0 Å². The molecule has 1 aromatic rings. The number of hydrogen-bond acceptors (Lipinski definition) is 3. The van der Waals surface area contributed by atoms with E-state index in [1.54, 1.807) is 12.1 Å². The van der Waals surface area contributed by atoms with E-state index in [2.05, 4.69) is 32.2 Å². The molecule has 0 aromatic heterocycles. The average molecular weight is 218 g/mol. The Labute approximate surface area is 97.0 Å². The van der Waals surface area contributed by atoms with Crippen LogP contribution in [0.1, 0.15) is 26.3 Å². The third kappa shape index (κ3) is 4.81. The molecule has 1 aromatic carbocycles. The lowest BCUT2D eigenvalue weighted by atomic mass is 10.1. The van der Waals surface area contributed by atoms with E-state index in [1.165, 1.54) is 0 Å². The molecule has 0 radical (unpaired) electrons. The number of nitriles is 1. The van der Waals surface area contributed by atoms with Crippen molar-refractivity contribution in [2.75, 3.05) is 13.2 Å². The Morgan fingerprint density at radius 3 is 2.75 bits per heavy atom. The molecule has 0 heterocycles. The maximum Gasteiger partial charge on any atom is 0.120 e. The number of rotatable bonds is 4. The van der Waals surface area contributed by atoms with Crippen molar-refractivity contribution >= 4 is 0 Å². The van der Waals surface area contributed by atoms with Crippen molar-refractivity contribution in [1.82, 2.24) is 5.32 Å². The van der Waals surface area contributed by atoms with Gasteiger partial charge in [0.1, 0.15) is 12.4 Å².